The van der Waals surface area contributed by atoms with Crippen molar-refractivity contribution in [2.75, 3.05) is 19.6 Å². The number of hydrazone groups is 1. The van der Waals surface area contributed by atoms with Crippen LogP contribution in [0.25, 0.3) is 11.3 Å². The van der Waals surface area contributed by atoms with E-state index in [0.717, 1.165) is 12.1 Å². The van der Waals surface area contributed by atoms with Crippen molar-refractivity contribution < 1.29 is 13.6 Å². The van der Waals surface area contributed by atoms with Crippen LogP contribution in [0.1, 0.15) is 15.9 Å². The lowest BCUT2D eigenvalue weighted by atomic mass is 10.0. The Kier molecular flexibility index (Phi) is 4.52. The number of amides is 1. The topological polar surface area (TPSA) is 85.4 Å². The minimum atomic E-state index is -0.622. The van der Waals surface area contributed by atoms with Crippen molar-refractivity contribution in [3.8, 4) is 11.3 Å². The fraction of sp³-hybridized carbons (Fsp3) is 0.267. The van der Waals surface area contributed by atoms with Gasteiger partial charge in [-0.15, -0.1) is 0 Å². The summed E-state index contributed by atoms with van der Waals surface area (Å²) in [5.41, 5.74) is 3.40. The Balaban J connectivity index is 1.76. The van der Waals surface area contributed by atoms with Crippen molar-refractivity contribution in [2.24, 2.45) is 5.10 Å². The molecule has 1 amide bonds. The zero-order valence-electron chi connectivity index (χ0n) is 12.9. The van der Waals surface area contributed by atoms with Gasteiger partial charge in [0.1, 0.15) is 11.6 Å². The molecule has 0 fully saturated rings. The van der Waals surface area contributed by atoms with Crippen LogP contribution in [0.15, 0.2) is 23.4 Å². The number of aromatic amines is 1. The molecular weight excluding hydrogens is 318 g/mol. The van der Waals surface area contributed by atoms with E-state index >= 15 is 0 Å². The monoisotopic (exact) mass is 334 g/mol. The van der Waals surface area contributed by atoms with E-state index in [-0.39, 0.29) is 22.4 Å². The molecule has 0 saturated heterocycles. The quantitative estimate of drug-likeness (QED) is 0.767. The number of nitrogens with zero attached hydrogens (tertiary/aromatic N) is 3. The highest BCUT2D eigenvalue weighted by molar-refractivity contribution is 6.00. The van der Waals surface area contributed by atoms with Crippen LogP contribution in [0.3, 0.4) is 0 Å². The molecule has 24 heavy (non-hydrogen) atoms. The first-order chi connectivity index (χ1) is 11.6. The van der Waals surface area contributed by atoms with Crippen LogP contribution in [0.5, 0.6) is 0 Å². The summed E-state index contributed by atoms with van der Waals surface area (Å²) in [6.07, 6.45) is 3.01. The van der Waals surface area contributed by atoms with Gasteiger partial charge in [-0.3, -0.25) is 9.89 Å². The van der Waals surface area contributed by atoms with Crippen molar-refractivity contribution in [1.82, 2.24) is 26.1 Å². The van der Waals surface area contributed by atoms with Crippen LogP contribution in [-0.4, -0.2) is 47.1 Å². The molecule has 1 aromatic carbocycles. The number of nitrogens with one attached hydrogen (secondary N) is 3. The molecule has 3 N–H and O–H groups in total. The Hall–Kier alpha value is -2.81. The number of rotatable bonds is 5. The summed E-state index contributed by atoms with van der Waals surface area (Å²) in [4.78, 5) is 12.3. The fourth-order valence-corrected chi connectivity index (χ4v) is 2.44. The molecule has 1 aliphatic heterocycles. The SMILES string of the molecule is Cc1c(F)ccc(F)c1-c1[nH]ncc1C(=O)NCCN1N=CCN1. The van der Waals surface area contributed by atoms with E-state index in [2.05, 4.69) is 26.0 Å². The summed E-state index contributed by atoms with van der Waals surface area (Å²) in [5, 5.41) is 14.7. The van der Waals surface area contributed by atoms with Gasteiger partial charge in [0.15, 0.2) is 0 Å². The highest BCUT2D eigenvalue weighted by atomic mass is 19.1. The molecular formula is C15H16F2N6O. The summed E-state index contributed by atoms with van der Waals surface area (Å²) in [7, 11) is 0. The number of carbonyl (C=O) groups is 1. The van der Waals surface area contributed by atoms with Crippen LogP contribution in [0, 0.1) is 18.6 Å². The molecule has 0 unspecified atom stereocenters. The maximum Gasteiger partial charge on any atom is 0.255 e. The molecule has 2 heterocycles. The van der Waals surface area contributed by atoms with Gasteiger partial charge in [0.25, 0.3) is 5.91 Å². The molecule has 0 bridgehead atoms. The number of halogens is 2. The zero-order valence-corrected chi connectivity index (χ0v) is 12.9. The lowest BCUT2D eigenvalue weighted by Gasteiger charge is -2.14. The van der Waals surface area contributed by atoms with Gasteiger partial charge in [-0.1, -0.05) is 0 Å². The molecule has 0 spiro atoms. The Morgan fingerprint density at radius 3 is 2.92 bits per heavy atom. The lowest BCUT2D eigenvalue weighted by Crippen LogP contribution is -2.37. The van der Waals surface area contributed by atoms with Crippen LogP contribution in [0.2, 0.25) is 0 Å². The molecule has 0 atom stereocenters. The van der Waals surface area contributed by atoms with Gasteiger partial charge in [0.2, 0.25) is 0 Å². The minimum absolute atomic E-state index is 0.00320. The Bertz CT molecular complexity index is 788. The average Bonchev–Trinajstić information content (AvgIpc) is 3.23. The summed E-state index contributed by atoms with van der Waals surface area (Å²) < 4.78 is 27.8. The van der Waals surface area contributed by atoms with E-state index in [4.69, 9.17) is 0 Å². The van der Waals surface area contributed by atoms with E-state index in [0.29, 0.717) is 19.6 Å². The molecule has 9 heteroatoms. The maximum atomic E-state index is 14.1. The summed E-state index contributed by atoms with van der Waals surface area (Å²) in [6, 6.07) is 2.07. The number of benzene rings is 1. The lowest BCUT2D eigenvalue weighted by molar-refractivity contribution is 0.0946. The van der Waals surface area contributed by atoms with Crippen molar-refractivity contribution in [3.05, 3.63) is 41.1 Å². The molecule has 0 radical (unpaired) electrons. The molecule has 7 nitrogen and oxygen atoms in total. The highest BCUT2D eigenvalue weighted by Gasteiger charge is 2.21. The Labute approximate surface area is 136 Å². The number of H-pyrrole nitrogens is 1. The average molecular weight is 334 g/mol. The summed E-state index contributed by atoms with van der Waals surface area (Å²) in [5.74, 6) is -1.60. The maximum absolute atomic E-state index is 14.1. The summed E-state index contributed by atoms with van der Waals surface area (Å²) >= 11 is 0. The third-order valence-electron chi connectivity index (χ3n) is 3.68. The second kappa shape index (κ2) is 6.75. The van der Waals surface area contributed by atoms with Crippen LogP contribution in [0.4, 0.5) is 8.78 Å². The Morgan fingerprint density at radius 1 is 1.38 bits per heavy atom. The normalized spacial score (nSPS) is 13.5. The highest BCUT2D eigenvalue weighted by Crippen LogP contribution is 2.29. The van der Waals surface area contributed by atoms with Gasteiger partial charge in [0, 0.05) is 18.3 Å². The largest absolute Gasteiger partial charge is 0.350 e. The predicted octanol–water partition coefficient (Wildman–Crippen LogP) is 1.20. The van der Waals surface area contributed by atoms with Crippen LogP contribution in [-0.2, 0) is 0 Å². The number of hydrogen-bond donors (Lipinski definition) is 3. The van der Waals surface area contributed by atoms with E-state index in [9.17, 15) is 13.6 Å². The molecule has 2 aromatic rings. The van der Waals surface area contributed by atoms with Crippen LogP contribution >= 0.6 is 0 Å². The van der Waals surface area contributed by atoms with Gasteiger partial charge < -0.3 is 5.32 Å². The van der Waals surface area contributed by atoms with Gasteiger partial charge >= 0.3 is 0 Å². The van der Waals surface area contributed by atoms with Gasteiger partial charge in [-0.2, -0.15) is 10.2 Å². The van der Waals surface area contributed by atoms with Crippen molar-refractivity contribution in [3.63, 3.8) is 0 Å². The number of carbonyl (C=O) groups excluding carboxylic acids is 1. The first kappa shape index (κ1) is 16.1. The van der Waals surface area contributed by atoms with Gasteiger partial charge in [-0.25, -0.2) is 19.3 Å². The van der Waals surface area contributed by atoms with E-state index < -0.39 is 17.5 Å². The van der Waals surface area contributed by atoms with Gasteiger partial charge in [-0.05, 0) is 24.6 Å². The van der Waals surface area contributed by atoms with Crippen molar-refractivity contribution in [2.45, 2.75) is 6.92 Å². The molecule has 1 aromatic heterocycles. The van der Waals surface area contributed by atoms with Crippen molar-refractivity contribution in [1.29, 1.82) is 0 Å². The molecule has 0 aliphatic carbocycles. The summed E-state index contributed by atoms with van der Waals surface area (Å²) in [6.45, 7) is 2.91. The Morgan fingerprint density at radius 2 is 2.17 bits per heavy atom. The number of hydrogen-bond acceptors (Lipinski definition) is 5. The molecule has 1 aliphatic rings. The zero-order chi connectivity index (χ0) is 17.1. The van der Waals surface area contributed by atoms with E-state index in [1.165, 1.54) is 13.1 Å². The molecule has 0 saturated carbocycles. The minimum Gasteiger partial charge on any atom is -0.350 e. The second-order valence-corrected chi connectivity index (χ2v) is 5.23. The first-order valence-electron chi connectivity index (χ1n) is 7.38. The van der Waals surface area contributed by atoms with Crippen LogP contribution < -0.4 is 10.7 Å². The van der Waals surface area contributed by atoms with E-state index in [1.807, 2.05) is 0 Å². The second-order valence-electron chi connectivity index (χ2n) is 5.23. The third kappa shape index (κ3) is 3.11. The number of aromatic nitrogens is 2. The number of hydrazine groups is 1. The standard InChI is InChI=1S/C15H16F2N6O/c1-9-11(16)2-3-12(17)13(9)14-10(8-19-22-14)15(24)18-6-7-23-20-4-5-21-23/h2-4,8,21H,5-7H2,1H3,(H,18,24)(H,19,22). The van der Waals surface area contributed by atoms with E-state index in [1.54, 1.807) is 11.3 Å². The van der Waals surface area contributed by atoms with Crippen molar-refractivity contribution >= 4 is 12.1 Å². The predicted molar refractivity (Wildman–Crippen MR) is 84.2 cm³/mol. The fourth-order valence-electron chi connectivity index (χ4n) is 2.44. The first-order valence-corrected chi connectivity index (χ1v) is 7.38. The van der Waals surface area contributed by atoms with Gasteiger partial charge in [0.05, 0.1) is 30.5 Å². The smallest absolute Gasteiger partial charge is 0.255 e. The third-order valence-corrected chi connectivity index (χ3v) is 3.68. The molecule has 126 valence electrons. The molecule has 3 rings (SSSR count).